The number of benzene rings is 1. The highest BCUT2D eigenvalue weighted by atomic mass is 32.2. The molecule has 0 spiro atoms. The molecule has 9 heteroatoms. The number of carboxylic acid groups (broad SMARTS) is 1. The van der Waals surface area contributed by atoms with E-state index in [9.17, 15) is 23.1 Å². The molecule has 3 rings (SSSR count). The lowest BCUT2D eigenvalue weighted by Crippen LogP contribution is -2.42. The number of carboxylic acids is 1. The van der Waals surface area contributed by atoms with Gasteiger partial charge in [0.15, 0.2) is 15.0 Å². The van der Waals surface area contributed by atoms with Crippen LogP contribution in [0.1, 0.15) is 19.8 Å². The Hall–Kier alpha value is -2.26. The number of thiazole rings is 1. The lowest BCUT2D eigenvalue weighted by atomic mass is 9.79. The van der Waals surface area contributed by atoms with Crippen LogP contribution in [0.25, 0.3) is 10.2 Å². The summed E-state index contributed by atoms with van der Waals surface area (Å²) in [5.41, 5.74) is 1.53. The van der Waals surface area contributed by atoms with Gasteiger partial charge in [0.1, 0.15) is 0 Å². The molecule has 0 aliphatic heterocycles. The molecule has 0 saturated carbocycles. The number of aliphatic carboxylic acids is 1. The number of fused-ring (bicyclic) bond motifs is 1. The fraction of sp³-hybridized carbons (Fsp3) is 0.353. The Labute approximate surface area is 154 Å². The van der Waals surface area contributed by atoms with Crippen LogP contribution in [0, 0.1) is 11.8 Å². The summed E-state index contributed by atoms with van der Waals surface area (Å²) in [7, 11) is -3.34. The van der Waals surface area contributed by atoms with Crippen LogP contribution in [0.5, 0.6) is 0 Å². The number of amides is 1. The first-order valence-electron chi connectivity index (χ1n) is 7.93. The molecule has 26 heavy (non-hydrogen) atoms. The standard InChI is InChI=1S/C17H18N2O5S2/c1-9-3-5-11(16(21)22)12(7-9)15(20)19-17-18-13-6-4-10(26(2,23)24)8-14(13)25-17/h3-4,6,8,11-12H,5,7H2,1-2H3,(H,21,22)(H,18,19,20)/p-1/t11-,12+/m1/s1. The maximum absolute atomic E-state index is 12.6. The van der Waals surface area contributed by atoms with Crippen molar-refractivity contribution < 1.29 is 23.1 Å². The summed E-state index contributed by atoms with van der Waals surface area (Å²) in [6.07, 6.45) is 3.56. The molecule has 0 saturated heterocycles. The number of hydrogen-bond acceptors (Lipinski definition) is 7. The summed E-state index contributed by atoms with van der Waals surface area (Å²) >= 11 is 1.15. The molecule has 1 aliphatic rings. The van der Waals surface area contributed by atoms with Crippen molar-refractivity contribution in [2.75, 3.05) is 11.6 Å². The Morgan fingerprint density at radius 3 is 2.69 bits per heavy atom. The van der Waals surface area contributed by atoms with Gasteiger partial charge in [0.25, 0.3) is 0 Å². The molecule has 138 valence electrons. The monoisotopic (exact) mass is 393 g/mol. The molecule has 1 aromatic carbocycles. The molecule has 1 aliphatic carbocycles. The number of aromatic nitrogens is 1. The summed E-state index contributed by atoms with van der Waals surface area (Å²) in [5.74, 6) is -3.25. The lowest BCUT2D eigenvalue weighted by molar-refractivity contribution is -0.313. The minimum absolute atomic E-state index is 0.177. The average molecular weight is 393 g/mol. The summed E-state index contributed by atoms with van der Waals surface area (Å²) < 4.78 is 23.9. The molecule has 0 unspecified atom stereocenters. The van der Waals surface area contributed by atoms with E-state index in [0.29, 0.717) is 21.8 Å². The van der Waals surface area contributed by atoms with Gasteiger partial charge in [-0.2, -0.15) is 0 Å². The van der Waals surface area contributed by atoms with Gasteiger partial charge in [0, 0.05) is 18.1 Å². The minimum Gasteiger partial charge on any atom is -0.550 e. The molecular formula is C17H17N2O5S2-. The SMILES string of the molecule is CC1=CC[C@@H](C(=O)[O-])[C@@H](C(=O)Nc2nc3ccc(S(C)(=O)=O)cc3s2)C1. The molecule has 2 aromatic rings. The van der Waals surface area contributed by atoms with Crippen LogP contribution in [-0.2, 0) is 19.4 Å². The number of rotatable bonds is 4. The molecule has 0 bridgehead atoms. The Morgan fingerprint density at radius 1 is 1.31 bits per heavy atom. The Kier molecular flexibility index (Phi) is 4.85. The molecule has 0 radical (unpaired) electrons. The van der Waals surface area contributed by atoms with Crippen LogP contribution in [-0.4, -0.2) is 31.5 Å². The van der Waals surface area contributed by atoms with Gasteiger partial charge >= 0.3 is 0 Å². The first kappa shape index (κ1) is 18.5. The first-order chi connectivity index (χ1) is 12.1. The maximum atomic E-state index is 12.6. The van der Waals surface area contributed by atoms with Crippen LogP contribution < -0.4 is 10.4 Å². The highest BCUT2D eigenvalue weighted by Crippen LogP contribution is 2.32. The van der Waals surface area contributed by atoms with E-state index in [4.69, 9.17) is 0 Å². The zero-order valence-electron chi connectivity index (χ0n) is 14.2. The number of allylic oxidation sites excluding steroid dienone is 2. The number of hydrogen-bond donors (Lipinski definition) is 1. The third-order valence-electron chi connectivity index (χ3n) is 4.41. The van der Waals surface area contributed by atoms with E-state index >= 15 is 0 Å². The van der Waals surface area contributed by atoms with Gasteiger partial charge in [-0.1, -0.05) is 23.0 Å². The molecule has 2 atom stereocenters. The number of nitrogens with one attached hydrogen (secondary N) is 1. The summed E-state index contributed by atoms with van der Waals surface area (Å²) in [6, 6.07) is 4.55. The van der Waals surface area contributed by atoms with Crippen molar-refractivity contribution >= 4 is 48.4 Å². The third kappa shape index (κ3) is 3.78. The second-order valence-electron chi connectivity index (χ2n) is 6.43. The fourth-order valence-electron chi connectivity index (χ4n) is 2.99. The van der Waals surface area contributed by atoms with Crippen LogP contribution in [0.3, 0.4) is 0 Å². The predicted molar refractivity (Wildman–Crippen MR) is 96.3 cm³/mol. The van der Waals surface area contributed by atoms with Crippen molar-refractivity contribution in [3.63, 3.8) is 0 Å². The Morgan fingerprint density at radius 2 is 2.04 bits per heavy atom. The normalized spacial score (nSPS) is 20.6. The van der Waals surface area contributed by atoms with E-state index < -0.39 is 33.5 Å². The van der Waals surface area contributed by atoms with E-state index in [2.05, 4.69) is 10.3 Å². The highest BCUT2D eigenvalue weighted by Gasteiger charge is 2.32. The quantitative estimate of drug-likeness (QED) is 0.784. The topological polar surface area (TPSA) is 116 Å². The molecule has 1 amide bonds. The van der Waals surface area contributed by atoms with Gasteiger partial charge < -0.3 is 15.2 Å². The predicted octanol–water partition coefficient (Wildman–Crippen LogP) is 1.36. The van der Waals surface area contributed by atoms with Gasteiger partial charge in [0.2, 0.25) is 5.91 Å². The van der Waals surface area contributed by atoms with E-state index in [1.54, 1.807) is 6.07 Å². The van der Waals surface area contributed by atoms with Gasteiger partial charge in [-0.15, -0.1) is 0 Å². The van der Waals surface area contributed by atoms with Crippen LogP contribution in [0.4, 0.5) is 5.13 Å². The third-order valence-corrected chi connectivity index (χ3v) is 6.45. The van der Waals surface area contributed by atoms with E-state index in [0.717, 1.165) is 23.2 Å². The van der Waals surface area contributed by atoms with Crippen LogP contribution >= 0.6 is 11.3 Å². The van der Waals surface area contributed by atoms with E-state index in [1.165, 1.54) is 12.1 Å². The highest BCUT2D eigenvalue weighted by molar-refractivity contribution is 7.90. The lowest BCUT2D eigenvalue weighted by Gasteiger charge is -2.29. The van der Waals surface area contributed by atoms with E-state index in [1.807, 2.05) is 13.0 Å². The summed E-state index contributed by atoms with van der Waals surface area (Å²) in [4.78, 5) is 28.3. The fourth-order valence-corrected chi connectivity index (χ4v) is 4.62. The largest absolute Gasteiger partial charge is 0.550 e. The molecule has 7 nitrogen and oxygen atoms in total. The van der Waals surface area contributed by atoms with Crippen molar-refractivity contribution in [3.8, 4) is 0 Å². The van der Waals surface area contributed by atoms with Crippen LogP contribution in [0.2, 0.25) is 0 Å². The van der Waals surface area contributed by atoms with E-state index in [-0.39, 0.29) is 11.3 Å². The number of carbonyl (C=O) groups excluding carboxylic acids is 2. The Bertz CT molecular complexity index is 1020. The summed E-state index contributed by atoms with van der Waals surface area (Å²) in [6.45, 7) is 1.86. The molecule has 1 N–H and O–H groups in total. The minimum atomic E-state index is -3.34. The molecule has 0 fully saturated rings. The van der Waals surface area contributed by atoms with Crippen molar-refractivity contribution in [1.29, 1.82) is 0 Å². The smallest absolute Gasteiger partial charge is 0.230 e. The van der Waals surface area contributed by atoms with Crippen molar-refractivity contribution in [1.82, 2.24) is 4.98 Å². The number of sulfone groups is 1. The van der Waals surface area contributed by atoms with Crippen molar-refractivity contribution in [3.05, 3.63) is 29.8 Å². The number of nitrogens with zero attached hydrogens (tertiary/aromatic N) is 1. The van der Waals surface area contributed by atoms with Gasteiger partial charge in [-0.05, 0) is 38.0 Å². The zero-order chi connectivity index (χ0) is 19.1. The molecular weight excluding hydrogens is 376 g/mol. The van der Waals surface area contributed by atoms with Gasteiger partial charge in [-0.3, -0.25) is 4.79 Å². The van der Waals surface area contributed by atoms with Gasteiger partial charge in [-0.25, -0.2) is 13.4 Å². The molecule has 1 heterocycles. The number of carbonyl (C=O) groups is 2. The van der Waals surface area contributed by atoms with Crippen LogP contribution in [0.15, 0.2) is 34.7 Å². The average Bonchev–Trinajstić information content (AvgIpc) is 2.94. The zero-order valence-corrected chi connectivity index (χ0v) is 15.8. The maximum Gasteiger partial charge on any atom is 0.230 e. The number of anilines is 1. The second-order valence-corrected chi connectivity index (χ2v) is 9.48. The molecule has 1 aromatic heterocycles. The second kappa shape index (κ2) is 6.81. The first-order valence-corrected chi connectivity index (χ1v) is 10.6. The summed E-state index contributed by atoms with van der Waals surface area (Å²) in [5, 5.41) is 14.3. The Balaban J connectivity index is 1.85. The van der Waals surface area contributed by atoms with Crippen molar-refractivity contribution in [2.24, 2.45) is 11.8 Å². The van der Waals surface area contributed by atoms with Gasteiger partial charge in [0.05, 0.1) is 21.0 Å². The van der Waals surface area contributed by atoms with Crippen molar-refractivity contribution in [2.45, 2.75) is 24.7 Å².